The van der Waals surface area contributed by atoms with Gasteiger partial charge in [0.2, 0.25) is 0 Å². The molecule has 2 N–H and O–H groups in total. The van der Waals surface area contributed by atoms with Crippen LogP contribution in [0.3, 0.4) is 0 Å². The molecule has 0 amide bonds. The van der Waals surface area contributed by atoms with Crippen LogP contribution in [0.15, 0.2) is 23.1 Å². The Bertz CT molecular complexity index is 349. The van der Waals surface area contributed by atoms with Crippen molar-refractivity contribution < 1.29 is 15.0 Å². The average molecular weight is 270 g/mol. The second kappa shape index (κ2) is 7.00. The van der Waals surface area contributed by atoms with Crippen molar-refractivity contribution in [2.75, 3.05) is 0 Å². The van der Waals surface area contributed by atoms with E-state index >= 15 is 0 Å². The lowest BCUT2D eigenvalue weighted by molar-refractivity contribution is -0.133. The molecule has 0 radical (unpaired) electrons. The van der Waals surface area contributed by atoms with Gasteiger partial charge in [-0.25, -0.2) is 4.79 Å². The Balaban J connectivity index is 2.81. The number of aliphatic carboxylic acids is 1. The van der Waals surface area contributed by atoms with E-state index in [0.717, 1.165) is 24.2 Å². The number of allylic oxidation sites excluding steroid dienone is 2. The van der Waals surface area contributed by atoms with Gasteiger partial charge in [-0.15, -0.1) is 12.6 Å². The number of carbonyl (C=O) groups is 1. The second-order valence-corrected chi connectivity index (χ2v) is 5.69. The molecule has 3 atom stereocenters. The lowest BCUT2D eigenvalue weighted by Gasteiger charge is -2.25. The van der Waals surface area contributed by atoms with E-state index in [0.29, 0.717) is 12.8 Å². The molecule has 0 aromatic carbocycles. The molecule has 4 heteroatoms. The van der Waals surface area contributed by atoms with E-state index in [2.05, 4.69) is 25.3 Å². The summed E-state index contributed by atoms with van der Waals surface area (Å²) in [6, 6.07) is 0. The predicted octanol–water partition coefficient (Wildman–Crippen LogP) is 3.02. The summed E-state index contributed by atoms with van der Waals surface area (Å²) in [7, 11) is 0. The molecular weight excluding hydrogens is 248 g/mol. The van der Waals surface area contributed by atoms with Gasteiger partial charge in [-0.05, 0) is 48.8 Å². The first-order valence-corrected chi connectivity index (χ1v) is 6.84. The van der Waals surface area contributed by atoms with E-state index in [1.807, 2.05) is 6.92 Å². The van der Waals surface area contributed by atoms with E-state index in [1.54, 1.807) is 0 Å². The summed E-state index contributed by atoms with van der Waals surface area (Å²) in [5.74, 6) is -0.972. The third-order valence-corrected chi connectivity index (χ3v) is 4.11. The van der Waals surface area contributed by atoms with Crippen LogP contribution in [0, 0.1) is 11.8 Å². The Labute approximate surface area is 114 Å². The lowest BCUT2D eigenvalue weighted by atomic mass is 9.84. The number of aliphatic hydroxyl groups excluding tert-OH is 1. The van der Waals surface area contributed by atoms with E-state index in [9.17, 15) is 9.90 Å². The van der Waals surface area contributed by atoms with Crippen LogP contribution in [0.5, 0.6) is 0 Å². The van der Waals surface area contributed by atoms with Gasteiger partial charge in [-0.3, -0.25) is 0 Å². The highest BCUT2D eigenvalue weighted by molar-refractivity contribution is 7.84. The molecule has 18 heavy (non-hydrogen) atoms. The van der Waals surface area contributed by atoms with Crippen LogP contribution in [-0.4, -0.2) is 22.3 Å². The Morgan fingerprint density at radius 3 is 2.78 bits per heavy atom. The number of carboxylic acids is 1. The SMILES string of the molecule is C=C(C(=O)O)C1CCC(S)=CCCC(C)C(O)C1. The Hall–Kier alpha value is -0.740. The predicted molar refractivity (Wildman–Crippen MR) is 75.6 cm³/mol. The van der Waals surface area contributed by atoms with Crippen molar-refractivity contribution in [3.8, 4) is 0 Å². The molecule has 1 rings (SSSR count). The summed E-state index contributed by atoms with van der Waals surface area (Å²) < 4.78 is 0. The Morgan fingerprint density at radius 1 is 1.50 bits per heavy atom. The summed E-state index contributed by atoms with van der Waals surface area (Å²) >= 11 is 4.40. The molecule has 0 aliphatic heterocycles. The third-order valence-electron chi connectivity index (χ3n) is 3.70. The summed E-state index contributed by atoms with van der Waals surface area (Å²) in [6.07, 6.45) is 5.34. The van der Waals surface area contributed by atoms with Crippen molar-refractivity contribution in [1.29, 1.82) is 0 Å². The molecule has 0 saturated heterocycles. The zero-order valence-electron chi connectivity index (χ0n) is 10.8. The molecule has 0 spiro atoms. The van der Waals surface area contributed by atoms with Crippen molar-refractivity contribution in [3.05, 3.63) is 23.1 Å². The highest BCUT2D eigenvalue weighted by Gasteiger charge is 2.25. The van der Waals surface area contributed by atoms with E-state index < -0.39 is 12.1 Å². The standard InChI is InChI=1S/C14H22O3S/c1-9-4-3-5-12(18)7-6-11(8-13(9)15)10(2)14(16)17/h5,9,11,13,15,18H,2-4,6-8H2,1H3,(H,16,17). The van der Waals surface area contributed by atoms with Crippen molar-refractivity contribution in [2.45, 2.75) is 45.1 Å². The fourth-order valence-electron chi connectivity index (χ4n) is 2.26. The molecule has 0 aromatic rings. The fourth-order valence-corrected chi connectivity index (χ4v) is 2.52. The van der Waals surface area contributed by atoms with Gasteiger partial charge in [-0.1, -0.05) is 19.6 Å². The molecule has 0 bridgehead atoms. The van der Waals surface area contributed by atoms with Crippen LogP contribution >= 0.6 is 12.6 Å². The maximum atomic E-state index is 11.0. The number of rotatable bonds is 2. The van der Waals surface area contributed by atoms with Gasteiger partial charge >= 0.3 is 5.97 Å². The van der Waals surface area contributed by atoms with Gasteiger partial charge in [0.25, 0.3) is 0 Å². The van der Waals surface area contributed by atoms with Crippen molar-refractivity contribution in [1.82, 2.24) is 0 Å². The first-order chi connectivity index (χ1) is 8.41. The van der Waals surface area contributed by atoms with Gasteiger partial charge in [-0.2, -0.15) is 0 Å². The van der Waals surface area contributed by atoms with Gasteiger partial charge < -0.3 is 10.2 Å². The average Bonchev–Trinajstić information content (AvgIpc) is 2.32. The van der Waals surface area contributed by atoms with Gasteiger partial charge in [0, 0.05) is 5.57 Å². The summed E-state index contributed by atoms with van der Waals surface area (Å²) in [5, 5.41) is 19.1. The molecular formula is C14H22O3S. The molecule has 1 aliphatic carbocycles. The van der Waals surface area contributed by atoms with E-state index in [-0.39, 0.29) is 17.4 Å². The van der Waals surface area contributed by atoms with E-state index in [1.165, 1.54) is 0 Å². The minimum absolute atomic E-state index is 0.171. The van der Waals surface area contributed by atoms with Crippen LogP contribution < -0.4 is 0 Å². The maximum Gasteiger partial charge on any atom is 0.331 e. The largest absolute Gasteiger partial charge is 0.478 e. The van der Waals surface area contributed by atoms with Gasteiger partial charge in [0.1, 0.15) is 0 Å². The number of hydrogen-bond donors (Lipinski definition) is 3. The number of carboxylic acid groups (broad SMARTS) is 1. The van der Waals surface area contributed by atoms with Crippen LogP contribution in [0.2, 0.25) is 0 Å². The molecule has 102 valence electrons. The lowest BCUT2D eigenvalue weighted by Crippen LogP contribution is -2.24. The minimum Gasteiger partial charge on any atom is -0.478 e. The summed E-state index contributed by atoms with van der Waals surface area (Å²) in [5.41, 5.74) is 0.197. The minimum atomic E-state index is -0.971. The molecule has 1 aliphatic rings. The van der Waals surface area contributed by atoms with Gasteiger partial charge in [0.05, 0.1) is 6.10 Å². The monoisotopic (exact) mass is 270 g/mol. The van der Waals surface area contributed by atoms with Crippen LogP contribution in [0.4, 0.5) is 0 Å². The normalized spacial score (nSPS) is 30.4. The zero-order valence-corrected chi connectivity index (χ0v) is 11.7. The molecule has 0 heterocycles. The van der Waals surface area contributed by atoms with E-state index in [4.69, 9.17) is 5.11 Å². The molecule has 0 aromatic heterocycles. The maximum absolute atomic E-state index is 11.0. The highest BCUT2D eigenvalue weighted by atomic mass is 32.1. The summed E-state index contributed by atoms with van der Waals surface area (Å²) in [4.78, 5) is 12.0. The number of aliphatic hydroxyl groups is 1. The molecule has 3 unspecified atom stereocenters. The molecule has 0 saturated carbocycles. The fraction of sp³-hybridized carbons (Fsp3) is 0.643. The molecule has 0 fully saturated rings. The van der Waals surface area contributed by atoms with Crippen LogP contribution in [0.25, 0.3) is 0 Å². The smallest absolute Gasteiger partial charge is 0.331 e. The van der Waals surface area contributed by atoms with Crippen LogP contribution in [-0.2, 0) is 4.79 Å². The van der Waals surface area contributed by atoms with Crippen molar-refractivity contribution in [3.63, 3.8) is 0 Å². The van der Waals surface area contributed by atoms with Crippen molar-refractivity contribution in [2.24, 2.45) is 11.8 Å². The first-order valence-electron chi connectivity index (χ1n) is 6.40. The third kappa shape index (κ3) is 4.50. The van der Waals surface area contributed by atoms with Crippen molar-refractivity contribution >= 4 is 18.6 Å². The second-order valence-electron chi connectivity index (χ2n) is 5.12. The molecule has 3 nitrogen and oxygen atoms in total. The van der Waals surface area contributed by atoms with Crippen LogP contribution in [0.1, 0.15) is 39.0 Å². The number of hydrogen-bond acceptors (Lipinski definition) is 3. The highest BCUT2D eigenvalue weighted by Crippen LogP contribution is 2.29. The first kappa shape index (κ1) is 15.3. The Kier molecular flexibility index (Phi) is 5.96. The Morgan fingerprint density at radius 2 is 2.17 bits per heavy atom. The topological polar surface area (TPSA) is 57.5 Å². The quantitative estimate of drug-likeness (QED) is 0.534. The summed E-state index contributed by atoms with van der Waals surface area (Å²) in [6.45, 7) is 5.63. The zero-order chi connectivity index (χ0) is 13.7. The van der Waals surface area contributed by atoms with Gasteiger partial charge in [0.15, 0.2) is 0 Å². The number of thiol groups is 1.